The summed E-state index contributed by atoms with van der Waals surface area (Å²) in [4.78, 5) is 0. The third-order valence-corrected chi connectivity index (χ3v) is 6.74. The SMILES string of the molecule is CC1CCCc2nnc(C34CC5CC(CC(C5)C3)C4)n21. The minimum atomic E-state index is 0.408. The van der Waals surface area contributed by atoms with E-state index in [1.807, 2.05) is 0 Å². The normalized spacial score (nSPS) is 45.6. The minimum absolute atomic E-state index is 0.408. The Morgan fingerprint density at radius 2 is 1.65 bits per heavy atom. The van der Waals surface area contributed by atoms with Crippen LogP contribution in [0.2, 0.25) is 0 Å². The van der Waals surface area contributed by atoms with Gasteiger partial charge in [-0.05, 0) is 76.0 Å². The van der Waals surface area contributed by atoms with Crippen LogP contribution in [0.4, 0.5) is 0 Å². The van der Waals surface area contributed by atoms with Crippen molar-refractivity contribution in [2.45, 2.75) is 76.2 Å². The van der Waals surface area contributed by atoms with Gasteiger partial charge < -0.3 is 4.57 Å². The van der Waals surface area contributed by atoms with E-state index in [9.17, 15) is 0 Å². The number of fused-ring (bicyclic) bond motifs is 1. The van der Waals surface area contributed by atoms with E-state index in [1.54, 1.807) is 0 Å². The Bertz CT molecular complexity index is 509. The molecule has 6 rings (SSSR count). The van der Waals surface area contributed by atoms with Crippen molar-refractivity contribution in [3.05, 3.63) is 11.6 Å². The van der Waals surface area contributed by atoms with Gasteiger partial charge in [0.15, 0.2) is 0 Å². The minimum Gasteiger partial charge on any atom is -0.312 e. The molecule has 3 heteroatoms. The van der Waals surface area contributed by atoms with Crippen molar-refractivity contribution < 1.29 is 0 Å². The van der Waals surface area contributed by atoms with Crippen LogP contribution in [-0.2, 0) is 11.8 Å². The number of aryl methyl sites for hydroxylation is 1. The lowest BCUT2D eigenvalue weighted by molar-refractivity contribution is -0.0120. The zero-order valence-electron chi connectivity index (χ0n) is 12.5. The summed E-state index contributed by atoms with van der Waals surface area (Å²) < 4.78 is 2.55. The summed E-state index contributed by atoms with van der Waals surface area (Å²) in [5, 5.41) is 9.33. The van der Waals surface area contributed by atoms with E-state index in [4.69, 9.17) is 5.10 Å². The molecule has 4 aliphatic carbocycles. The van der Waals surface area contributed by atoms with E-state index in [0.29, 0.717) is 11.5 Å². The van der Waals surface area contributed by atoms with E-state index in [0.717, 1.165) is 24.2 Å². The van der Waals surface area contributed by atoms with Gasteiger partial charge in [-0.3, -0.25) is 0 Å². The number of rotatable bonds is 1. The number of hydrogen-bond acceptors (Lipinski definition) is 2. The van der Waals surface area contributed by atoms with Crippen molar-refractivity contribution >= 4 is 0 Å². The molecule has 1 unspecified atom stereocenters. The monoisotopic (exact) mass is 271 g/mol. The summed E-state index contributed by atoms with van der Waals surface area (Å²) in [6.45, 7) is 2.37. The third-order valence-electron chi connectivity index (χ3n) is 6.74. The van der Waals surface area contributed by atoms with Crippen LogP contribution in [0, 0.1) is 17.8 Å². The molecule has 0 N–H and O–H groups in total. The molecule has 0 radical (unpaired) electrons. The molecule has 1 atom stereocenters. The highest BCUT2D eigenvalue weighted by atomic mass is 15.3. The highest BCUT2D eigenvalue weighted by molar-refractivity contribution is 5.20. The van der Waals surface area contributed by atoms with Gasteiger partial charge >= 0.3 is 0 Å². The smallest absolute Gasteiger partial charge is 0.139 e. The van der Waals surface area contributed by atoms with Crippen molar-refractivity contribution in [3.63, 3.8) is 0 Å². The summed E-state index contributed by atoms with van der Waals surface area (Å²) in [5.74, 6) is 5.64. The van der Waals surface area contributed by atoms with Crippen molar-refractivity contribution in [1.82, 2.24) is 14.8 Å². The van der Waals surface area contributed by atoms with Crippen LogP contribution >= 0.6 is 0 Å². The maximum Gasteiger partial charge on any atom is 0.139 e. The Labute approximate surface area is 121 Å². The molecule has 0 aromatic carbocycles. The van der Waals surface area contributed by atoms with Crippen LogP contribution in [0.1, 0.15) is 76.0 Å². The topological polar surface area (TPSA) is 30.7 Å². The fraction of sp³-hybridized carbons (Fsp3) is 0.882. The Morgan fingerprint density at radius 1 is 1.00 bits per heavy atom. The second-order valence-electron chi connectivity index (χ2n) is 8.25. The van der Waals surface area contributed by atoms with Crippen molar-refractivity contribution in [2.24, 2.45) is 17.8 Å². The second-order valence-corrected chi connectivity index (χ2v) is 8.25. The summed E-state index contributed by atoms with van der Waals surface area (Å²) in [6.07, 6.45) is 12.5. The lowest BCUT2D eigenvalue weighted by Crippen LogP contribution is -2.50. The largest absolute Gasteiger partial charge is 0.312 e. The van der Waals surface area contributed by atoms with Crippen molar-refractivity contribution in [1.29, 1.82) is 0 Å². The van der Waals surface area contributed by atoms with Crippen LogP contribution in [0.15, 0.2) is 0 Å². The van der Waals surface area contributed by atoms with Crippen molar-refractivity contribution in [3.8, 4) is 0 Å². The highest BCUT2D eigenvalue weighted by Gasteiger charge is 2.54. The van der Waals surface area contributed by atoms with Gasteiger partial charge in [-0.1, -0.05) is 0 Å². The fourth-order valence-electron chi connectivity index (χ4n) is 6.39. The first-order valence-electron chi connectivity index (χ1n) is 8.68. The first-order valence-corrected chi connectivity index (χ1v) is 8.68. The van der Waals surface area contributed by atoms with Gasteiger partial charge in [0.2, 0.25) is 0 Å². The predicted octanol–water partition coefficient (Wildman–Crippen LogP) is 3.64. The van der Waals surface area contributed by atoms with Gasteiger partial charge in [-0.25, -0.2) is 0 Å². The molecule has 1 aromatic rings. The summed E-state index contributed by atoms with van der Waals surface area (Å²) in [5.41, 5.74) is 0.408. The molecule has 20 heavy (non-hydrogen) atoms. The maximum atomic E-state index is 4.75. The van der Waals surface area contributed by atoms with E-state index in [-0.39, 0.29) is 0 Å². The molecule has 0 spiro atoms. The van der Waals surface area contributed by atoms with Crippen LogP contribution in [-0.4, -0.2) is 14.8 Å². The van der Waals surface area contributed by atoms with Crippen LogP contribution < -0.4 is 0 Å². The first kappa shape index (κ1) is 11.8. The fourth-order valence-corrected chi connectivity index (χ4v) is 6.39. The highest BCUT2D eigenvalue weighted by Crippen LogP contribution is 2.60. The second kappa shape index (κ2) is 3.86. The molecular weight excluding hydrogens is 246 g/mol. The molecule has 0 amide bonds. The Morgan fingerprint density at radius 3 is 2.30 bits per heavy atom. The van der Waals surface area contributed by atoms with Gasteiger partial charge in [-0.15, -0.1) is 10.2 Å². The number of hydrogen-bond donors (Lipinski definition) is 0. The molecule has 4 bridgehead atoms. The van der Waals surface area contributed by atoms with E-state index >= 15 is 0 Å². The zero-order chi connectivity index (χ0) is 13.3. The third kappa shape index (κ3) is 1.47. The molecule has 1 aromatic heterocycles. The maximum absolute atomic E-state index is 4.75. The molecule has 0 saturated heterocycles. The quantitative estimate of drug-likeness (QED) is 0.780. The summed E-state index contributed by atoms with van der Waals surface area (Å²) in [6, 6.07) is 0.622. The molecular formula is C17H25N3. The molecule has 1 aliphatic heterocycles. The van der Waals surface area contributed by atoms with Gasteiger partial charge in [0, 0.05) is 17.9 Å². The molecule has 4 fully saturated rings. The zero-order valence-corrected chi connectivity index (χ0v) is 12.5. The lowest BCUT2D eigenvalue weighted by atomic mass is 9.49. The average molecular weight is 271 g/mol. The first-order chi connectivity index (χ1) is 9.73. The average Bonchev–Trinajstić information content (AvgIpc) is 2.83. The van der Waals surface area contributed by atoms with Gasteiger partial charge in [0.25, 0.3) is 0 Å². The molecule has 5 aliphatic rings. The molecule has 108 valence electrons. The van der Waals surface area contributed by atoms with E-state index < -0.39 is 0 Å². The van der Waals surface area contributed by atoms with Crippen LogP contribution in [0.3, 0.4) is 0 Å². The molecule has 3 nitrogen and oxygen atoms in total. The van der Waals surface area contributed by atoms with Crippen LogP contribution in [0.5, 0.6) is 0 Å². The lowest BCUT2D eigenvalue weighted by Gasteiger charge is -2.56. The van der Waals surface area contributed by atoms with Gasteiger partial charge in [0.1, 0.15) is 11.6 Å². The van der Waals surface area contributed by atoms with Gasteiger partial charge in [0.05, 0.1) is 0 Å². The van der Waals surface area contributed by atoms with E-state index in [2.05, 4.69) is 16.6 Å². The standard InChI is InChI=1S/C17H25N3/c1-11-3-2-4-15-18-19-16(20(11)15)17-8-12-5-13(9-17)7-14(6-12)10-17/h11-14H,2-10H2,1H3. The number of aromatic nitrogens is 3. The number of nitrogens with zero attached hydrogens (tertiary/aromatic N) is 3. The van der Waals surface area contributed by atoms with Crippen molar-refractivity contribution in [2.75, 3.05) is 0 Å². The Balaban J connectivity index is 1.62. The predicted molar refractivity (Wildman–Crippen MR) is 77.5 cm³/mol. The molecule has 4 saturated carbocycles. The summed E-state index contributed by atoms with van der Waals surface area (Å²) >= 11 is 0. The molecule has 2 heterocycles. The van der Waals surface area contributed by atoms with E-state index in [1.165, 1.54) is 63.0 Å². The summed E-state index contributed by atoms with van der Waals surface area (Å²) in [7, 11) is 0. The van der Waals surface area contributed by atoms with Gasteiger partial charge in [-0.2, -0.15) is 0 Å². The van der Waals surface area contributed by atoms with Crippen LogP contribution in [0.25, 0.3) is 0 Å². The Hall–Kier alpha value is -0.860. The Kier molecular flexibility index (Phi) is 2.27.